The van der Waals surface area contributed by atoms with Crippen molar-refractivity contribution in [3.8, 4) is 0 Å². The molecule has 0 unspecified atom stereocenters. The van der Waals surface area contributed by atoms with E-state index in [0.29, 0.717) is 25.8 Å². The van der Waals surface area contributed by atoms with Crippen LogP contribution in [0.25, 0.3) is 0 Å². The molecule has 0 saturated heterocycles. The van der Waals surface area contributed by atoms with Crippen molar-refractivity contribution >= 4 is 35.6 Å². The lowest BCUT2D eigenvalue weighted by Crippen LogP contribution is -2.51. The molecule has 31 heavy (non-hydrogen) atoms. The van der Waals surface area contributed by atoms with Crippen molar-refractivity contribution in [2.45, 2.75) is 37.8 Å². The molecular formula is C16H32N10O5. The summed E-state index contributed by atoms with van der Waals surface area (Å²) in [5, 5.41) is 34.9. The van der Waals surface area contributed by atoms with Gasteiger partial charge in [-0.3, -0.25) is 30.0 Å². The SMILES string of the molecule is N=C(N)NCCC[C@H](NC(=O)CNC(=O)[C@@H](N)CCCNC(=N)N)C(=O)NCC(=O)O. The van der Waals surface area contributed by atoms with Gasteiger partial charge in [0.15, 0.2) is 11.9 Å². The van der Waals surface area contributed by atoms with Gasteiger partial charge in [0.25, 0.3) is 0 Å². The lowest BCUT2D eigenvalue weighted by atomic mass is 10.1. The quantitative estimate of drug-likeness (QED) is 0.0655. The van der Waals surface area contributed by atoms with E-state index >= 15 is 0 Å². The summed E-state index contributed by atoms with van der Waals surface area (Å²) in [6.07, 6.45) is 1.29. The highest BCUT2D eigenvalue weighted by Gasteiger charge is 2.22. The Kier molecular flexibility index (Phi) is 13.5. The second-order valence-electron chi connectivity index (χ2n) is 6.52. The zero-order chi connectivity index (χ0) is 23.8. The molecule has 3 amide bonds. The summed E-state index contributed by atoms with van der Waals surface area (Å²) in [5.74, 6) is -3.58. The van der Waals surface area contributed by atoms with E-state index in [1.165, 1.54) is 0 Å². The molecule has 0 aliphatic heterocycles. The third kappa shape index (κ3) is 15.0. The van der Waals surface area contributed by atoms with Gasteiger partial charge in [-0.2, -0.15) is 0 Å². The van der Waals surface area contributed by atoms with Gasteiger partial charge in [-0.15, -0.1) is 0 Å². The lowest BCUT2D eigenvalue weighted by Gasteiger charge is -2.19. The van der Waals surface area contributed by atoms with Gasteiger partial charge in [-0.1, -0.05) is 0 Å². The minimum atomic E-state index is -1.24. The molecule has 15 nitrogen and oxygen atoms in total. The molecule has 0 saturated carbocycles. The first-order chi connectivity index (χ1) is 14.5. The van der Waals surface area contributed by atoms with E-state index in [-0.39, 0.29) is 24.9 Å². The molecule has 0 radical (unpaired) electrons. The predicted octanol–water partition coefficient (Wildman–Crippen LogP) is -4.36. The van der Waals surface area contributed by atoms with Gasteiger partial charge in [-0.25, -0.2) is 0 Å². The van der Waals surface area contributed by atoms with Crippen molar-refractivity contribution in [3.63, 3.8) is 0 Å². The van der Waals surface area contributed by atoms with Crippen molar-refractivity contribution in [3.05, 3.63) is 0 Å². The maximum absolute atomic E-state index is 12.1. The Bertz CT molecular complexity index is 657. The van der Waals surface area contributed by atoms with Crippen molar-refractivity contribution in [1.29, 1.82) is 10.8 Å². The van der Waals surface area contributed by atoms with Crippen LogP contribution in [0.5, 0.6) is 0 Å². The maximum atomic E-state index is 12.1. The summed E-state index contributed by atoms with van der Waals surface area (Å²) >= 11 is 0. The summed E-state index contributed by atoms with van der Waals surface area (Å²) in [6.45, 7) is -0.381. The van der Waals surface area contributed by atoms with Gasteiger partial charge in [0.1, 0.15) is 12.6 Å². The highest BCUT2D eigenvalue weighted by atomic mass is 16.4. The summed E-state index contributed by atoms with van der Waals surface area (Å²) in [6, 6.07) is -1.90. The number of amides is 3. The van der Waals surface area contributed by atoms with Crippen LogP contribution in [0.2, 0.25) is 0 Å². The zero-order valence-corrected chi connectivity index (χ0v) is 17.1. The average Bonchev–Trinajstić information content (AvgIpc) is 2.69. The number of carbonyl (C=O) groups excluding carboxylic acids is 3. The van der Waals surface area contributed by atoms with E-state index in [4.69, 9.17) is 33.1 Å². The number of carbonyl (C=O) groups is 4. The number of aliphatic carboxylic acids is 1. The first-order valence-corrected chi connectivity index (χ1v) is 9.50. The Morgan fingerprint density at radius 1 is 0.806 bits per heavy atom. The molecule has 0 aliphatic carbocycles. The molecule has 0 heterocycles. The fourth-order valence-corrected chi connectivity index (χ4v) is 2.30. The van der Waals surface area contributed by atoms with Crippen LogP contribution >= 0.6 is 0 Å². The molecule has 0 bridgehead atoms. The molecule has 15 heteroatoms. The smallest absolute Gasteiger partial charge is 0.322 e. The Morgan fingerprint density at radius 2 is 1.32 bits per heavy atom. The van der Waals surface area contributed by atoms with Crippen LogP contribution < -0.4 is 43.8 Å². The minimum absolute atomic E-state index is 0.147. The standard InChI is InChI=1S/C16H32N10O5/c17-9(3-1-5-22-15(18)19)13(30)24-7-11(27)26-10(4-2-6-23-16(20)21)14(31)25-8-12(28)29/h9-10H,1-8,17H2,(H,24,30)(H,25,31)(H,26,27)(H,28,29)(H4,18,19,22)(H4,20,21,23)/t9-,10-/m0/s1. The highest BCUT2D eigenvalue weighted by molar-refractivity contribution is 5.91. The van der Waals surface area contributed by atoms with E-state index in [9.17, 15) is 19.2 Å². The van der Waals surface area contributed by atoms with E-state index in [2.05, 4.69) is 26.6 Å². The molecular weight excluding hydrogens is 412 g/mol. The minimum Gasteiger partial charge on any atom is -0.480 e. The molecule has 0 aromatic heterocycles. The number of nitrogens with one attached hydrogen (secondary N) is 7. The van der Waals surface area contributed by atoms with Crippen molar-refractivity contribution in [2.24, 2.45) is 17.2 Å². The third-order valence-corrected chi connectivity index (χ3v) is 3.82. The normalized spacial score (nSPS) is 12.0. The van der Waals surface area contributed by atoms with Crippen LogP contribution in [-0.4, -0.2) is 79.0 Å². The summed E-state index contributed by atoms with van der Waals surface area (Å²) < 4.78 is 0. The number of guanidine groups is 2. The van der Waals surface area contributed by atoms with Gasteiger partial charge in [0.05, 0.1) is 12.6 Å². The number of rotatable bonds is 15. The van der Waals surface area contributed by atoms with Gasteiger partial charge >= 0.3 is 5.97 Å². The van der Waals surface area contributed by atoms with Gasteiger partial charge in [0.2, 0.25) is 17.7 Å². The Labute approximate surface area is 179 Å². The monoisotopic (exact) mass is 444 g/mol. The molecule has 2 atom stereocenters. The van der Waals surface area contributed by atoms with Gasteiger partial charge < -0.3 is 48.9 Å². The van der Waals surface area contributed by atoms with E-state index in [1.807, 2.05) is 0 Å². The molecule has 0 aliphatic rings. The maximum Gasteiger partial charge on any atom is 0.322 e. The molecule has 0 aromatic rings. The van der Waals surface area contributed by atoms with Crippen LogP contribution in [0.3, 0.4) is 0 Å². The number of carboxylic acid groups (broad SMARTS) is 1. The van der Waals surface area contributed by atoms with E-state index in [1.54, 1.807) is 0 Å². The lowest BCUT2D eigenvalue weighted by molar-refractivity contribution is -0.138. The van der Waals surface area contributed by atoms with Gasteiger partial charge in [-0.05, 0) is 25.7 Å². The fourth-order valence-electron chi connectivity index (χ4n) is 2.30. The Morgan fingerprint density at radius 3 is 1.84 bits per heavy atom. The van der Waals surface area contributed by atoms with Crippen LogP contribution in [0, 0.1) is 10.8 Å². The van der Waals surface area contributed by atoms with Crippen LogP contribution in [0.15, 0.2) is 0 Å². The van der Waals surface area contributed by atoms with E-state index < -0.39 is 48.9 Å². The first kappa shape index (κ1) is 27.4. The number of nitrogens with two attached hydrogens (primary N) is 3. The topological polar surface area (TPSA) is 274 Å². The first-order valence-electron chi connectivity index (χ1n) is 9.50. The number of hydrogen-bond donors (Lipinski definition) is 11. The van der Waals surface area contributed by atoms with Crippen LogP contribution in [0.4, 0.5) is 0 Å². The number of carboxylic acids is 1. The Hall–Kier alpha value is -3.62. The van der Waals surface area contributed by atoms with E-state index in [0.717, 1.165) is 0 Å². The van der Waals surface area contributed by atoms with Crippen molar-refractivity contribution < 1.29 is 24.3 Å². The molecule has 0 fully saturated rings. The third-order valence-electron chi connectivity index (χ3n) is 3.82. The van der Waals surface area contributed by atoms with Crippen molar-refractivity contribution in [2.75, 3.05) is 26.2 Å². The fraction of sp³-hybridized carbons (Fsp3) is 0.625. The van der Waals surface area contributed by atoms with Crippen LogP contribution in [-0.2, 0) is 19.2 Å². The zero-order valence-electron chi connectivity index (χ0n) is 17.1. The second-order valence-corrected chi connectivity index (χ2v) is 6.52. The molecule has 14 N–H and O–H groups in total. The van der Waals surface area contributed by atoms with Crippen molar-refractivity contribution in [1.82, 2.24) is 26.6 Å². The highest BCUT2D eigenvalue weighted by Crippen LogP contribution is 1.98. The Balaban J connectivity index is 4.52. The predicted molar refractivity (Wildman–Crippen MR) is 112 cm³/mol. The number of hydrogen-bond acceptors (Lipinski definition) is 7. The molecule has 176 valence electrons. The molecule has 0 aromatic carbocycles. The summed E-state index contributed by atoms with van der Waals surface area (Å²) in [7, 11) is 0. The van der Waals surface area contributed by atoms with Gasteiger partial charge in [0, 0.05) is 13.1 Å². The molecule has 0 spiro atoms. The second kappa shape index (κ2) is 15.3. The summed E-state index contributed by atoms with van der Waals surface area (Å²) in [4.78, 5) is 46.8. The van der Waals surface area contributed by atoms with Crippen LogP contribution in [0.1, 0.15) is 25.7 Å². The summed E-state index contributed by atoms with van der Waals surface area (Å²) in [5.41, 5.74) is 16.0. The average molecular weight is 444 g/mol. The largest absolute Gasteiger partial charge is 0.480 e. The molecule has 0 rings (SSSR count).